The maximum Gasteiger partial charge on any atom is 0.338 e. The number of para-hydroxylation sites is 1. The predicted molar refractivity (Wildman–Crippen MR) is 123 cm³/mol. The molecule has 1 unspecified atom stereocenters. The second kappa shape index (κ2) is 10.2. The number of carbonyl (C=O) groups is 2. The average Bonchev–Trinajstić information content (AvgIpc) is 3.62. The number of halogens is 1. The lowest BCUT2D eigenvalue weighted by Gasteiger charge is -2.24. The molecule has 1 aliphatic carbocycles. The third kappa shape index (κ3) is 5.69. The molecule has 1 atom stereocenters. The lowest BCUT2D eigenvalue weighted by molar-refractivity contribution is -0.124. The highest BCUT2D eigenvalue weighted by molar-refractivity contribution is 7.92. The Kier molecular flexibility index (Phi) is 7.58. The van der Waals surface area contributed by atoms with Crippen molar-refractivity contribution in [2.75, 3.05) is 17.5 Å². The molecule has 1 N–H and O–H groups in total. The van der Waals surface area contributed by atoms with Crippen molar-refractivity contribution < 1.29 is 22.7 Å². The van der Waals surface area contributed by atoms with Crippen LogP contribution >= 0.6 is 11.6 Å². The van der Waals surface area contributed by atoms with E-state index in [1.54, 1.807) is 24.3 Å². The van der Waals surface area contributed by atoms with E-state index in [4.69, 9.17) is 16.3 Å². The van der Waals surface area contributed by atoms with Crippen molar-refractivity contribution in [1.29, 1.82) is 0 Å². The monoisotopic (exact) mass is 476 g/mol. The summed E-state index contributed by atoms with van der Waals surface area (Å²) >= 11 is 6.21. The second-order valence-electron chi connectivity index (χ2n) is 7.57. The number of nitrogens with one attached hydrogen (secondary N) is 1. The van der Waals surface area contributed by atoms with E-state index in [0.29, 0.717) is 11.6 Å². The van der Waals surface area contributed by atoms with Crippen molar-refractivity contribution >= 4 is 39.2 Å². The van der Waals surface area contributed by atoms with Gasteiger partial charge in [0.1, 0.15) is 0 Å². The first-order valence-electron chi connectivity index (χ1n) is 10.2. The van der Waals surface area contributed by atoms with Gasteiger partial charge in [0.15, 0.2) is 6.61 Å². The zero-order chi connectivity index (χ0) is 23.3. The van der Waals surface area contributed by atoms with Crippen molar-refractivity contribution in [3.05, 3.63) is 71.8 Å². The largest absolute Gasteiger partial charge is 0.452 e. The number of sulfonamides is 1. The van der Waals surface area contributed by atoms with Crippen LogP contribution in [0.5, 0.6) is 0 Å². The maximum atomic E-state index is 13.3. The van der Waals surface area contributed by atoms with Gasteiger partial charge < -0.3 is 10.1 Å². The van der Waals surface area contributed by atoms with E-state index < -0.39 is 28.5 Å². The second-order valence-corrected chi connectivity index (χ2v) is 9.84. The molecule has 0 spiro atoms. The number of hydrogen-bond acceptors (Lipinski definition) is 5. The summed E-state index contributed by atoms with van der Waals surface area (Å²) in [5.41, 5.74) is 0.315. The van der Waals surface area contributed by atoms with Gasteiger partial charge >= 0.3 is 5.97 Å². The van der Waals surface area contributed by atoms with Crippen LogP contribution < -0.4 is 9.62 Å². The summed E-state index contributed by atoms with van der Waals surface area (Å²) in [4.78, 5) is 24.3. The van der Waals surface area contributed by atoms with Crippen molar-refractivity contribution in [1.82, 2.24) is 5.32 Å². The first-order chi connectivity index (χ1) is 15.2. The zero-order valence-electron chi connectivity index (χ0n) is 17.7. The van der Waals surface area contributed by atoms with E-state index in [0.717, 1.165) is 17.1 Å². The summed E-state index contributed by atoms with van der Waals surface area (Å²) in [5.74, 6) is -0.699. The Bertz CT molecular complexity index is 1110. The Balaban J connectivity index is 1.75. The number of nitrogens with zero attached hydrogens (tertiary/aromatic N) is 1. The van der Waals surface area contributed by atoms with Gasteiger partial charge in [0, 0.05) is 6.04 Å². The van der Waals surface area contributed by atoms with Gasteiger partial charge in [0.05, 0.1) is 27.7 Å². The van der Waals surface area contributed by atoms with Crippen molar-refractivity contribution in [3.63, 3.8) is 0 Å². The van der Waals surface area contributed by atoms with Gasteiger partial charge in [-0.1, -0.05) is 35.9 Å². The summed E-state index contributed by atoms with van der Waals surface area (Å²) in [6, 6.07) is 12.1. The molecule has 1 aliphatic rings. The van der Waals surface area contributed by atoms with Gasteiger partial charge in [0.25, 0.3) is 15.9 Å². The first kappa shape index (κ1) is 23.8. The van der Waals surface area contributed by atoms with Crippen LogP contribution in [0.3, 0.4) is 0 Å². The molecule has 170 valence electrons. The number of esters is 1. The predicted octanol–water partition coefficient (Wildman–Crippen LogP) is 3.79. The lowest BCUT2D eigenvalue weighted by atomic mass is 10.2. The van der Waals surface area contributed by atoms with Crippen molar-refractivity contribution in [2.24, 2.45) is 5.92 Å². The molecule has 32 heavy (non-hydrogen) atoms. The number of ether oxygens (including phenoxy) is 1. The van der Waals surface area contributed by atoms with E-state index in [1.165, 1.54) is 30.3 Å². The minimum Gasteiger partial charge on any atom is -0.452 e. The Morgan fingerprint density at radius 1 is 1.25 bits per heavy atom. The number of carbonyl (C=O) groups excluding carboxylic acids is 2. The molecular weight excluding hydrogens is 452 g/mol. The molecular formula is C23H25ClN2O5S. The highest BCUT2D eigenvalue weighted by Gasteiger charge is 2.29. The van der Waals surface area contributed by atoms with Gasteiger partial charge in [-0.25, -0.2) is 13.2 Å². The van der Waals surface area contributed by atoms with E-state index in [1.807, 2.05) is 6.92 Å². The van der Waals surface area contributed by atoms with Crippen molar-refractivity contribution in [2.45, 2.75) is 30.7 Å². The normalized spacial score (nSPS) is 14.3. The standard InChI is InChI=1S/C23H25ClN2O5S/c1-3-13-26(21-10-5-4-9-20(21)24)32(29,30)19-8-6-7-18(14-19)23(28)31-15-22(27)25-16(2)17-11-12-17/h3-10,14,16-17H,1,11-13,15H2,2H3,(H,25,27). The molecule has 2 aromatic carbocycles. The Morgan fingerprint density at radius 2 is 1.97 bits per heavy atom. The topological polar surface area (TPSA) is 92.8 Å². The highest BCUT2D eigenvalue weighted by Crippen LogP contribution is 2.32. The molecule has 1 saturated carbocycles. The third-order valence-corrected chi connectivity index (χ3v) is 7.22. The van der Waals surface area contributed by atoms with E-state index >= 15 is 0 Å². The molecule has 0 bridgehead atoms. The quantitative estimate of drug-likeness (QED) is 0.416. The summed E-state index contributed by atoms with van der Waals surface area (Å²) < 4.78 is 32.8. The van der Waals surface area contributed by atoms with Crippen LogP contribution in [-0.4, -0.2) is 39.5 Å². The van der Waals surface area contributed by atoms with Crippen LogP contribution in [0, 0.1) is 5.92 Å². The van der Waals surface area contributed by atoms with Gasteiger partial charge in [-0.15, -0.1) is 6.58 Å². The number of benzene rings is 2. The molecule has 0 aromatic heterocycles. The molecule has 0 radical (unpaired) electrons. The molecule has 3 rings (SSSR count). The summed E-state index contributed by atoms with van der Waals surface area (Å²) in [6.45, 7) is 5.09. The fourth-order valence-corrected chi connectivity index (χ4v) is 5.02. The average molecular weight is 477 g/mol. The van der Waals surface area contributed by atoms with Gasteiger partial charge in [0.2, 0.25) is 0 Å². The molecule has 0 aliphatic heterocycles. The van der Waals surface area contributed by atoms with Crippen LogP contribution in [-0.2, 0) is 19.6 Å². The highest BCUT2D eigenvalue weighted by atomic mass is 35.5. The summed E-state index contributed by atoms with van der Waals surface area (Å²) in [7, 11) is -4.05. The lowest BCUT2D eigenvalue weighted by Crippen LogP contribution is -2.37. The van der Waals surface area contributed by atoms with Gasteiger partial charge in [-0.2, -0.15) is 0 Å². The Hall–Kier alpha value is -2.84. The van der Waals surface area contributed by atoms with Gasteiger partial charge in [-0.05, 0) is 56.0 Å². The SMILES string of the molecule is C=CCN(c1ccccc1Cl)S(=O)(=O)c1cccc(C(=O)OCC(=O)NC(C)C2CC2)c1. The van der Waals surface area contributed by atoms with Crippen LogP contribution in [0.25, 0.3) is 0 Å². The maximum absolute atomic E-state index is 13.3. The Morgan fingerprint density at radius 3 is 2.62 bits per heavy atom. The summed E-state index contributed by atoms with van der Waals surface area (Å²) in [5, 5.41) is 3.06. The van der Waals surface area contributed by atoms with Gasteiger partial charge in [-0.3, -0.25) is 9.10 Å². The number of rotatable bonds is 10. The van der Waals surface area contributed by atoms with Crippen LogP contribution in [0.2, 0.25) is 5.02 Å². The molecule has 9 heteroatoms. The van der Waals surface area contributed by atoms with E-state index in [9.17, 15) is 18.0 Å². The van der Waals surface area contributed by atoms with Crippen LogP contribution in [0.4, 0.5) is 5.69 Å². The number of amides is 1. The minimum atomic E-state index is -4.05. The summed E-state index contributed by atoms with van der Waals surface area (Å²) in [6.07, 6.45) is 3.61. The first-order valence-corrected chi connectivity index (χ1v) is 12.0. The number of hydrogen-bond donors (Lipinski definition) is 1. The van der Waals surface area contributed by atoms with E-state index in [2.05, 4.69) is 11.9 Å². The molecule has 7 nitrogen and oxygen atoms in total. The van der Waals surface area contributed by atoms with Crippen molar-refractivity contribution in [3.8, 4) is 0 Å². The third-order valence-electron chi connectivity index (χ3n) is 5.13. The minimum absolute atomic E-state index is 0.0138. The molecule has 1 fully saturated rings. The molecule has 0 saturated heterocycles. The smallest absolute Gasteiger partial charge is 0.338 e. The van der Waals surface area contributed by atoms with Crippen LogP contribution in [0.1, 0.15) is 30.1 Å². The fourth-order valence-electron chi connectivity index (χ4n) is 3.23. The molecule has 0 heterocycles. The molecule has 1 amide bonds. The fraction of sp³-hybridized carbons (Fsp3) is 0.304. The Labute approximate surface area is 193 Å². The molecule has 2 aromatic rings. The van der Waals surface area contributed by atoms with E-state index in [-0.39, 0.29) is 28.1 Å². The van der Waals surface area contributed by atoms with Crippen LogP contribution in [0.15, 0.2) is 66.1 Å². The zero-order valence-corrected chi connectivity index (χ0v) is 19.2. The number of anilines is 1.